The molecule has 0 atom stereocenters. The Morgan fingerprint density at radius 3 is 2.24 bits per heavy atom. The lowest BCUT2D eigenvalue weighted by Crippen LogP contribution is -2.50. The summed E-state index contributed by atoms with van der Waals surface area (Å²) in [5.41, 5.74) is 2.67. The molecule has 150 valence electrons. The molecule has 0 spiro atoms. The van der Waals surface area contributed by atoms with Crippen LogP contribution in [0.2, 0.25) is 0 Å². The molecule has 3 aromatic rings. The van der Waals surface area contributed by atoms with Crippen LogP contribution < -0.4 is 0 Å². The fraction of sp³-hybridized carbons (Fsp3) is 0.261. The quantitative estimate of drug-likeness (QED) is 0.665. The minimum Gasteiger partial charge on any atom is -0.336 e. The molecule has 0 aromatic heterocycles. The van der Waals surface area contributed by atoms with E-state index in [4.69, 9.17) is 0 Å². The van der Waals surface area contributed by atoms with Gasteiger partial charge in [-0.1, -0.05) is 48.0 Å². The molecule has 4 rings (SSSR count). The Balaban J connectivity index is 1.51. The first-order valence-electron chi connectivity index (χ1n) is 9.72. The molecule has 0 radical (unpaired) electrons. The number of piperazine rings is 1. The van der Waals surface area contributed by atoms with Crippen molar-refractivity contribution in [1.82, 2.24) is 9.21 Å². The van der Waals surface area contributed by atoms with E-state index in [2.05, 4.69) is 0 Å². The maximum atomic E-state index is 13.1. The third-order valence-corrected chi connectivity index (χ3v) is 7.40. The molecule has 1 saturated heterocycles. The van der Waals surface area contributed by atoms with Crippen molar-refractivity contribution < 1.29 is 13.2 Å². The molecule has 1 heterocycles. The van der Waals surface area contributed by atoms with Gasteiger partial charge in [0.15, 0.2) is 0 Å². The summed E-state index contributed by atoms with van der Waals surface area (Å²) in [7, 11) is -3.59. The molecule has 0 bridgehead atoms. The van der Waals surface area contributed by atoms with E-state index in [1.54, 1.807) is 17.0 Å². The van der Waals surface area contributed by atoms with Crippen LogP contribution in [0.4, 0.5) is 0 Å². The SMILES string of the molecule is Cc1ccc(C)c(C(=O)N2CCN(S(=O)(=O)c3ccc4ccccc4c3)CC2)c1. The van der Waals surface area contributed by atoms with Gasteiger partial charge in [0.1, 0.15) is 0 Å². The summed E-state index contributed by atoms with van der Waals surface area (Å²) in [5.74, 6) is -0.0334. The van der Waals surface area contributed by atoms with E-state index in [-0.39, 0.29) is 5.91 Å². The second-order valence-electron chi connectivity index (χ2n) is 7.52. The van der Waals surface area contributed by atoms with Gasteiger partial charge in [-0.3, -0.25) is 4.79 Å². The Morgan fingerprint density at radius 2 is 1.52 bits per heavy atom. The van der Waals surface area contributed by atoms with E-state index in [9.17, 15) is 13.2 Å². The van der Waals surface area contributed by atoms with Crippen LogP contribution in [0.1, 0.15) is 21.5 Å². The third-order valence-electron chi connectivity index (χ3n) is 5.51. The van der Waals surface area contributed by atoms with Gasteiger partial charge in [0.2, 0.25) is 10.0 Å². The number of benzene rings is 3. The average Bonchev–Trinajstić information content (AvgIpc) is 2.74. The van der Waals surface area contributed by atoms with Gasteiger partial charge in [0.25, 0.3) is 5.91 Å². The van der Waals surface area contributed by atoms with Gasteiger partial charge in [-0.15, -0.1) is 0 Å². The Labute approximate surface area is 171 Å². The molecule has 29 heavy (non-hydrogen) atoms. The lowest BCUT2D eigenvalue weighted by molar-refractivity contribution is 0.0697. The van der Waals surface area contributed by atoms with Crippen molar-refractivity contribution in [2.75, 3.05) is 26.2 Å². The van der Waals surface area contributed by atoms with Crippen LogP contribution in [0.15, 0.2) is 65.6 Å². The van der Waals surface area contributed by atoms with Crippen LogP contribution in [0.3, 0.4) is 0 Å². The van der Waals surface area contributed by atoms with Crippen molar-refractivity contribution in [2.24, 2.45) is 0 Å². The Bertz CT molecular complexity index is 1180. The molecule has 0 aliphatic carbocycles. The number of sulfonamides is 1. The number of rotatable bonds is 3. The molecular formula is C23H24N2O3S. The van der Waals surface area contributed by atoms with Gasteiger partial charge in [0.05, 0.1) is 4.90 Å². The summed E-state index contributed by atoms with van der Waals surface area (Å²) in [6, 6.07) is 18.8. The zero-order chi connectivity index (χ0) is 20.6. The van der Waals surface area contributed by atoms with Crippen LogP contribution in [0.25, 0.3) is 10.8 Å². The van der Waals surface area contributed by atoms with E-state index in [1.165, 1.54) is 4.31 Å². The molecule has 1 amide bonds. The Hall–Kier alpha value is -2.70. The second-order valence-corrected chi connectivity index (χ2v) is 9.46. The largest absolute Gasteiger partial charge is 0.336 e. The third kappa shape index (κ3) is 3.78. The molecule has 0 N–H and O–H groups in total. The molecular weight excluding hydrogens is 384 g/mol. The van der Waals surface area contributed by atoms with E-state index in [1.807, 2.05) is 62.4 Å². The summed E-state index contributed by atoms with van der Waals surface area (Å²) in [6.07, 6.45) is 0. The molecule has 6 heteroatoms. The molecule has 0 saturated carbocycles. The van der Waals surface area contributed by atoms with Crippen molar-refractivity contribution >= 4 is 26.7 Å². The molecule has 0 unspecified atom stereocenters. The topological polar surface area (TPSA) is 57.7 Å². The summed E-state index contributed by atoms with van der Waals surface area (Å²) in [4.78, 5) is 14.9. The van der Waals surface area contributed by atoms with Gasteiger partial charge in [0, 0.05) is 31.7 Å². The number of carbonyl (C=O) groups excluding carboxylic acids is 1. The first kappa shape index (κ1) is 19.6. The normalized spacial score (nSPS) is 15.6. The smallest absolute Gasteiger partial charge is 0.254 e. The minimum absolute atomic E-state index is 0.0334. The van der Waals surface area contributed by atoms with E-state index in [0.29, 0.717) is 36.6 Å². The molecule has 5 nitrogen and oxygen atoms in total. The second kappa shape index (κ2) is 7.61. The van der Waals surface area contributed by atoms with E-state index >= 15 is 0 Å². The Kier molecular flexibility index (Phi) is 5.15. The standard InChI is InChI=1S/C23H24N2O3S/c1-17-7-8-18(2)22(15-17)23(26)24-11-13-25(14-12-24)29(27,28)21-10-9-19-5-3-4-6-20(19)16-21/h3-10,15-16H,11-14H2,1-2H3. The summed E-state index contributed by atoms with van der Waals surface area (Å²) >= 11 is 0. The lowest BCUT2D eigenvalue weighted by Gasteiger charge is -2.34. The molecule has 3 aromatic carbocycles. The summed E-state index contributed by atoms with van der Waals surface area (Å²) in [6.45, 7) is 5.26. The van der Waals surface area contributed by atoms with Gasteiger partial charge >= 0.3 is 0 Å². The van der Waals surface area contributed by atoms with E-state index in [0.717, 1.165) is 21.9 Å². The van der Waals surface area contributed by atoms with Crippen LogP contribution in [-0.2, 0) is 10.0 Å². The van der Waals surface area contributed by atoms with Crippen LogP contribution in [-0.4, -0.2) is 49.7 Å². The zero-order valence-electron chi connectivity index (χ0n) is 16.6. The highest BCUT2D eigenvalue weighted by Crippen LogP contribution is 2.23. The predicted octanol–water partition coefficient (Wildman–Crippen LogP) is 3.60. The highest BCUT2D eigenvalue weighted by Gasteiger charge is 2.30. The van der Waals surface area contributed by atoms with Crippen LogP contribution in [0.5, 0.6) is 0 Å². The van der Waals surface area contributed by atoms with Crippen molar-refractivity contribution in [1.29, 1.82) is 0 Å². The maximum absolute atomic E-state index is 13.1. The van der Waals surface area contributed by atoms with Crippen LogP contribution in [0, 0.1) is 13.8 Å². The lowest BCUT2D eigenvalue weighted by atomic mass is 10.0. The molecule has 1 aliphatic rings. The first-order valence-corrected chi connectivity index (χ1v) is 11.2. The van der Waals surface area contributed by atoms with Crippen molar-refractivity contribution in [3.05, 3.63) is 77.4 Å². The van der Waals surface area contributed by atoms with Crippen molar-refractivity contribution in [2.45, 2.75) is 18.7 Å². The van der Waals surface area contributed by atoms with Gasteiger partial charge in [-0.25, -0.2) is 8.42 Å². The highest BCUT2D eigenvalue weighted by atomic mass is 32.2. The summed E-state index contributed by atoms with van der Waals surface area (Å²) < 4.78 is 27.7. The zero-order valence-corrected chi connectivity index (χ0v) is 17.4. The van der Waals surface area contributed by atoms with Crippen LogP contribution >= 0.6 is 0 Å². The molecule has 1 aliphatic heterocycles. The van der Waals surface area contributed by atoms with Gasteiger partial charge in [-0.05, 0) is 48.4 Å². The average molecular weight is 409 g/mol. The number of amides is 1. The summed E-state index contributed by atoms with van der Waals surface area (Å²) in [5, 5.41) is 1.91. The fourth-order valence-corrected chi connectivity index (χ4v) is 5.20. The number of nitrogens with zero attached hydrogens (tertiary/aromatic N) is 2. The highest BCUT2D eigenvalue weighted by molar-refractivity contribution is 7.89. The fourth-order valence-electron chi connectivity index (χ4n) is 3.75. The number of fused-ring (bicyclic) bond motifs is 1. The number of hydrogen-bond acceptors (Lipinski definition) is 3. The van der Waals surface area contributed by atoms with Crippen molar-refractivity contribution in [3.8, 4) is 0 Å². The van der Waals surface area contributed by atoms with E-state index < -0.39 is 10.0 Å². The van der Waals surface area contributed by atoms with Crippen molar-refractivity contribution in [3.63, 3.8) is 0 Å². The minimum atomic E-state index is -3.59. The monoisotopic (exact) mass is 408 g/mol. The Morgan fingerprint density at radius 1 is 0.828 bits per heavy atom. The number of hydrogen-bond donors (Lipinski definition) is 0. The molecule has 1 fully saturated rings. The predicted molar refractivity (Wildman–Crippen MR) is 115 cm³/mol. The number of aryl methyl sites for hydroxylation is 2. The first-order chi connectivity index (χ1) is 13.9. The van der Waals surface area contributed by atoms with Gasteiger partial charge < -0.3 is 4.90 Å². The maximum Gasteiger partial charge on any atom is 0.254 e. The number of carbonyl (C=O) groups is 1. The van der Waals surface area contributed by atoms with Gasteiger partial charge in [-0.2, -0.15) is 4.31 Å².